The number of aryl methyl sites for hydroxylation is 1. The predicted octanol–water partition coefficient (Wildman–Crippen LogP) is 5.84. The molecule has 1 aliphatic heterocycles. The van der Waals surface area contributed by atoms with Crippen molar-refractivity contribution in [2.75, 3.05) is 0 Å². The average molecular weight is 408 g/mol. The monoisotopic (exact) mass is 407 g/mol. The van der Waals surface area contributed by atoms with Crippen LogP contribution in [0, 0.1) is 12.7 Å². The highest BCUT2D eigenvalue weighted by Gasteiger charge is 2.41. The topological polar surface area (TPSA) is 40.5 Å². The van der Waals surface area contributed by atoms with Gasteiger partial charge in [0.15, 0.2) is 5.76 Å². The van der Waals surface area contributed by atoms with Crippen molar-refractivity contribution < 1.29 is 14.3 Å². The Morgan fingerprint density at radius 1 is 1.03 bits per heavy atom. The predicted molar refractivity (Wildman–Crippen MR) is 112 cm³/mol. The SMILES string of the molecule is Cc1ccc(C2=C(O)C(=O)N(Cc3ccc(Cl)cc3)[C@@H]2c2cccc(F)c2)cc1. The Morgan fingerprint density at radius 3 is 2.38 bits per heavy atom. The van der Waals surface area contributed by atoms with Crippen LogP contribution in [-0.4, -0.2) is 15.9 Å². The lowest BCUT2D eigenvalue weighted by atomic mass is 9.93. The van der Waals surface area contributed by atoms with Gasteiger partial charge in [0.2, 0.25) is 0 Å². The Kier molecular flexibility index (Phi) is 5.12. The molecule has 1 atom stereocenters. The van der Waals surface area contributed by atoms with Crippen molar-refractivity contribution in [3.63, 3.8) is 0 Å². The zero-order valence-corrected chi connectivity index (χ0v) is 16.5. The van der Waals surface area contributed by atoms with Crippen molar-refractivity contribution in [1.29, 1.82) is 0 Å². The highest BCUT2D eigenvalue weighted by Crippen LogP contribution is 2.43. The molecule has 0 saturated carbocycles. The third-order valence-electron chi connectivity index (χ3n) is 5.10. The summed E-state index contributed by atoms with van der Waals surface area (Å²) in [5.74, 6) is -1.18. The fourth-order valence-electron chi connectivity index (χ4n) is 3.65. The summed E-state index contributed by atoms with van der Waals surface area (Å²) in [6.07, 6.45) is 0. The van der Waals surface area contributed by atoms with Gasteiger partial charge in [0.05, 0.1) is 6.04 Å². The minimum Gasteiger partial charge on any atom is -0.503 e. The highest BCUT2D eigenvalue weighted by molar-refractivity contribution is 6.30. The van der Waals surface area contributed by atoms with Gasteiger partial charge in [-0.1, -0.05) is 65.7 Å². The highest BCUT2D eigenvalue weighted by atomic mass is 35.5. The van der Waals surface area contributed by atoms with Gasteiger partial charge in [-0.15, -0.1) is 0 Å². The Morgan fingerprint density at radius 2 is 1.72 bits per heavy atom. The fourth-order valence-corrected chi connectivity index (χ4v) is 3.78. The quantitative estimate of drug-likeness (QED) is 0.590. The third kappa shape index (κ3) is 3.76. The van der Waals surface area contributed by atoms with E-state index in [-0.39, 0.29) is 12.3 Å². The van der Waals surface area contributed by atoms with Crippen LogP contribution >= 0.6 is 11.6 Å². The number of amides is 1. The number of benzene rings is 3. The molecule has 29 heavy (non-hydrogen) atoms. The molecule has 0 fully saturated rings. The number of rotatable bonds is 4. The summed E-state index contributed by atoms with van der Waals surface area (Å²) in [5.41, 5.74) is 3.75. The van der Waals surface area contributed by atoms with Crippen LogP contribution in [0.3, 0.4) is 0 Å². The van der Waals surface area contributed by atoms with Crippen LogP contribution in [0.25, 0.3) is 5.57 Å². The molecule has 3 nitrogen and oxygen atoms in total. The third-order valence-corrected chi connectivity index (χ3v) is 5.35. The fraction of sp³-hybridized carbons (Fsp3) is 0.125. The lowest BCUT2D eigenvalue weighted by Gasteiger charge is -2.27. The zero-order valence-electron chi connectivity index (χ0n) is 15.8. The summed E-state index contributed by atoms with van der Waals surface area (Å²) >= 11 is 5.97. The van der Waals surface area contributed by atoms with Gasteiger partial charge in [0, 0.05) is 17.1 Å². The van der Waals surface area contributed by atoms with E-state index in [0.29, 0.717) is 16.2 Å². The molecule has 3 aromatic rings. The maximum atomic E-state index is 14.0. The maximum Gasteiger partial charge on any atom is 0.290 e. The van der Waals surface area contributed by atoms with E-state index in [0.717, 1.165) is 16.7 Å². The van der Waals surface area contributed by atoms with Crippen molar-refractivity contribution in [2.45, 2.75) is 19.5 Å². The van der Waals surface area contributed by atoms with Gasteiger partial charge in [-0.25, -0.2) is 4.39 Å². The molecule has 0 bridgehead atoms. The number of halogens is 2. The van der Waals surface area contributed by atoms with Crippen molar-refractivity contribution in [1.82, 2.24) is 4.90 Å². The number of carbonyl (C=O) groups excluding carboxylic acids is 1. The minimum absolute atomic E-state index is 0.261. The number of hydrogen-bond acceptors (Lipinski definition) is 2. The molecule has 0 saturated heterocycles. The summed E-state index contributed by atoms with van der Waals surface area (Å²) in [6, 6.07) is 20.3. The van der Waals surface area contributed by atoms with Crippen LogP contribution in [-0.2, 0) is 11.3 Å². The lowest BCUT2D eigenvalue weighted by Crippen LogP contribution is -2.29. The number of hydrogen-bond donors (Lipinski definition) is 1. The summed E-state index contributed by atoms with van der Waals surface area (Å²) in [5, 5.41) is 11.3. The molecule has 3 aromatic carbocycles. The van der Waals surface area contributed by atoms with Gasteiger partial charge in [-0.05, 0) is 47.9 Å². The normalized spacial score (nSPS) is 16.6. The van der Waals surface area contributed by atoms with Crippen molar-refractivity contribution in [3.8, 4) is 0 Å². The second-order valence-corrected chi connectivity index (χ2v) is 7.58. The lowest BCUT2D eigenvalue weighted by molar-refractivity contribution is -0.130. The number of nitrogens with zero attached hydrogens (tertiary/aromatic N) is 1. The molecular formula is C24H19ClFNO2. The Labute approximate surface area is 173 Å². The van der Waals surface area contributed by atoms with Crippen LogP contribution in [0.4, 0.5) is 4.39 Å². The van der Waals surface area contributed by atoms with E-state index in [1.807, 2.05) is 43.3 Å². The van der Waals surface area contributed by atoms with E-state index in [4.69, 9.17) is 11.6 Å². The number of aliphatic hydroxyl groups excluding tert-OH is 1. The summed E-state index contributed by atoms with van der Waals surface area (Å²) in [4.78, 5) is 14.6. The first-order valence-electron chi connectivity index (χ1n) is 9.25. The van der Waals surface area contributed by atoms with Crippen molar-refractivity contribution in [2.24, 2.45) is 0 Å². The minimum atomic E-state index is -0.600. The van der Waals surface area contributed by atoms with E-state index < -0.39 is 17.8 Å². The van der Waals surface area contributed by atoms with Gasteiger partial charge in [-0.3, -0.25) is 4.79 Å². The molecule has 1 aliphatic rings. The van der Waals surface area contributed by atoms with Crippen molar-refractivity contribution in [3.05, 3.63) is 112 Å². The molecule has 4 rings (SSSR count). The molecule has 0 aromatic heterocycles. The van der Waals surface area contributed by atoms with Gasteiger partial charge in [-0.2, -0.15) is 0 Å². The van der Waals surface area contributed by atoms with Gasteiger partial charge in [0.25, 0.3) is 5.91 Å². The van der Waals surface area contributed by atoms with Crippen LogP contribution in [0.1, 0.15) is 28.3 Å². The Hall–Kier alpha value is -3.11. The van der Waals surface area contributed by atoms with E-state index in [1.54, 1.807) is 29.2 Å². The number of carbonyl (C=O) groups is 1. The summed E-state index contributed by atoms with van der Waals surface area (Å²) in [6.45, 7) is 2.23. The summed E-state index contributed by atoms with van der Waals surface area (Å²) < 4.78 is 14.0. The summed E-state index contributed by atoms with van der Waals surface area (Å²) in [7, 11) is 0. The molecule has 0 spiro atoms. The number of aliphatic hydroxyl groups is 1. The second kappa shape index (κ2) is 7.72. The maximum absolute atomic E-state index is 14.0. The second-order valence-electron chi connectivity index (χ2n) is 7.15. The van der Waals surface area contributed by atoms with Crippen LogP contribution in [0.15, 0.2) is 78.6 Å². The van der Waals surface area contributed by atoms with E-state index in [9.17, 15) is 14.3 Å². The standard InChI is InChI=1S/C24H19ClFNO2/c1-15-5-9-17(10-6-15)21-22(18-3-2-4-20(26)13-18)27(24(29)23(21)28)14-16-7-11-19(25)12-8-16/h2-13,22,28H,14H2,1H3/t22-/m1/s1. The molecular weight excluding hydrogens is 389 g/mol. The van der Waals surface area contributed by atoms with Crippen molar-refractivity contribution >= 4 is 23.1 Å². The molecule has 1 amide bonds. The Bertz CT molecular complexity index is 1090. The first-order chi connectivity index (χ1) is 13.9. The molecule has 0 unspecified atom stereocenters. The largest absolute Gasteiger partial charge is 0.503 e. The molecule has 1 N–H and O–H groups in total. The molecule has 0 aliphatic carbocycles. The van der Waals surface area contributed by atoms with E-state index >= 15 is 0 Å². The van der Waals surface area contributed by atoms with Crippen LogP contribution in [0.5, 0.6) is 0 Å². The Balaban J connectivity index is 1.81. The molecule has 5 heteroatoms. The molecule has 1 heterocycles. The zero-order chi connectivity index (χ0) is 20.5. The van der Waals surface area contributed by atoms with Gasteiger partial charge < -0.3 is 10.0 Å². The molecule has 146 valence electrons. The smallest absolute Gasteiger partial charge is 0.290 e. The average Bonchev–Trinajstić information content (AvgIpc) is 2.95. The van der Waals surface area contributed by atoms with Crippen LogP contribution < -0.4 is 0 Å². The van der Waals surface area contributed by atoms with E-state index in [2.05, 4.69) is 0 Å². The first-order valence-corrected chi connectivity index (χ1v) is 9.63. The molecule has 0 radical (unpaired) electrons. The van der Waals surface area contributed by atoms with Gasteiger partial charge >= 0.3 is 0 Å². The van der Waals surface area contributed by atoms with Crippen LogP contribution in [0.2, 0.25) is 5.02 Å². The van der Waals surface area contributed by atoms with E-state index in [1.165, 1.54) is 12.1 Å². The van der Waals surface area contributed by atoms with Gasteiger partial charge in [0.1, 0.15) is 5.82 Å². The first kappa shape index (κ1) is 19.2.